The Bertz CT molecular complexity index is 1400. The molecule has 44 heavy (non-hydrogen) atoms. The van der Waals surface area contributed by atoms with Gasteiger partial charge in [-0.1, -0.05) is 0 Å². The van der Waals surface area contributed by atoms with E-state index in [2.05, 4.69) is 10.6 Å². The van der Waals surface area contributed by atoms with E-state index in [0.29, 0.717) is 49.4 Å². The van der Waals surface area contributed by atoms with Gasteiger partial charge < -0.3 is 25.2 Å². The Hall–Kier alpha value is -3.66. The number of nitrogens with zero attached hydrogens (tertiary/aromatic N) is 2. The van der Waals surface area contributed by atoms with E-state index in [1.807, 2.05) is 4.90 Å². The van der Waals surface area contributed by atoms with Crippen molar-refractivity contribution in [2.45, 2.75) is 38.0 Å². The van der Waals surface area contributed by atoms with Crippen molar-refractivity contribution < 1.29 is 45.3 Å². The third-order valence-corrected chi connectivity index (χ3v) is 7.89. The third kappa shape index (κ3) is 7.01. The number of hydrogen-bond donors (Lipinski definition) is 3. The highest BCUT2D eigenvalue weighted by Gasteiger charge is 2.40. The average molecular weight is 630 g/mol. The van der Waals surface area contributed by atoms with Gasteiger partial charge >= 0.3 is 12.4 Å². The van der Waals surface area contributed by atoms with Crippen LogP contribution >= 0.6 is 0 Å². The van der Waals surface area contributed by atoms with E-state index < -0.39 is 53.1 Å². The van der Waals surface area contributed by atoms with Gasteiger partial charge in [-0.15, -0.1) is 0 Å². The highest BCUT2D eigenvalue weighted by molar-refractivity contribution is 5.73. The van der Waals surface area contributed by atoms with E-state index in [1.54, 1.807) is 4.90 Å². The van der Waals surface area contributed by atoms with Crippen LogP contribution in [0.15, 0.2) is 60.0 Å². The first-order valence-electron chi connectivity index (χ1n) is 13.8. The Morgan fingerprint density at radius 1 is 1.00 bits per heavy atom. The summed E-state index contributed by atoms with van der Waals surface area (Å²) in [7, 11) is 0. The summed E-state index contributed by atoms with van der Waals surface area (Å²) in [5.41, 5.74) is -2.59. The van der Waals surface area contributed by atoms with Crippen LogP contribution < -0.4 is 15.7 Å². The number of carbonyl (C=O) groups excluding carboxylic acids is 1. The van der Waals surface area contributed by atoms with Crippen molar-refractivity contribution in [3.05, 3.63) is 93.3 Å². The molecular formula is C29H30F7N5O3. The number of carbonyl (C=O) groups is 1. The van der Waals surface area contributed by atoms with Gasteiger partial charge in [0.25, 0.3) is 0 Å². The van der Waals surface area contributed by atoms with Crippen molar-refractivity contribution in [1.82, 2.24) is 20.4 Å². The van der Waals surface area contributed by atoms with Gasteiger partial charge in [-0.3, -0.25) is 15.0 Å². The minimum absolute atomic E-state index is 0.0429. The molecular weight excluding hydrogens is 599 g/mol. The summed E-state index contributed by atoms with van der Waals surface area (Å²) in [5, 5.41) is 19.8. The number of piperazine rings is 1. The standard InChI is InChI=1S/C29H30F7N5O3/c1-17(42)39-6-8-40(9-7-39)26-14-24(19-2-4-22(30)5-3-19)41(43)25(23-15-37-16-38-27(23)44-26)12-18-10-20(28(31,32)33)13-21(11-18)29(34,35)36/h2-5,10-11,13-14,25-26,37-38,41H,6-9,12,15-16H2,1H3/b24-14-. The molecule has 2 aromatic rings. The van der Waals surface area contributed by atoms with Crippen LogP contribution in [0.2, 0.25) is 0 Å². The molecule has 0 aromatic heterocycles. The summed E-state index contributed by atoms with van der Waals surface area (Å²) in [5.74, 6) is -0.456. The minimum Gasteiger partial charge on any atom is -0.628 e. The molecule has 1 amide bonds. The zero-order chi connectivity index (χ0) is 31.8. The van der Waals surface area contributed by atoms with E-state index in [9.17, 15) is 40.7 Å². The van der Waals surface area contributed by atoms with Gasteiger partial charge in [-0.05, 0) is 48.0 Å². The molecule has 3 N–H and O–H groups in total. The van der Waals surface area contributed by atoms with Crippen LogP contribution in [0.25, 0.3) is 5.70 Å². The Morgan fingerprint density at radius 3 is 2.18 bits per heavy atom. The molecule has 0 aliphatic carbocycles. The molecule has 8 nitrogen and oxygen atoms in total. The first-order chi connectivity index (χ1) is 20.7. The van der Waals surface area contributed by atoms with Crippen LogP contribution in [-0.2, 0) is 28.3 Å². The van der Waals surface area contributed by atoms with Crippen LogP contribution in [0.3, 0.4) is 0 Å². The second kappa shape index (κ2) is 12.4. The number of halogens is 7. The fourth-order valence-electron chi connectivity index (χ4n) is 5.59. The minimum atomic E-state index is -5.05. The molecule has 3 atom stereocenters. The first-order valence-corrected chi connectivity index (χ1v) is 13.8. The number of nitrogens with one attached hydrogen (secondary N) is 3. The first kappa shape index (κ1) is 31.8. The number of quaternary nitrogens is 1. The summed E-state index contributed by atoms with van der Waals surface area (Å²) < 4.78 is 102. The Morgan fingerprint density at radius 2 is 1.61 bits per heavy atom. The van der Waals surface area contributed by atoms with Crippen molar-refractivity contribution in [2.24, 2.45) is 0 Å². The van der Waals surface area contributed by atoms with Gasteiger partial charge in [0.05, 0.1) is 23.4 Å². The van der Waals surface area contributed by atoms with Crippen molar-refractivity contribution in [3.8, 4) is 0 Å². The summed E-state index contributed by atoms with van der Waals surface area (Å²) in [6.45, 7) is 3.39. The lowest BCUT2D eigenvalue weighted by atomic mass is 9.93. The molecule has 1 fully saturated rings. The van der Waals surface area contributed by atoms with E-state index in [-0.39, 0.29) is 42.3 Å². The normalized spacial score (nSPS) is 24.8. The number of ether oxygens (including phenoxy) is 1. The molecule has 15 heteroatoms. The van der Waals surface area contributed by atoms with Crippen molar-refractivity contribution >= 4 is 11.6 Å². The van der Waals surface area contributed by atoms with Crippen LogP contribution in [0, 0.1) is 11.0 Å². The van der Waals surface area contributed by atoms with Gasteiger partial charge in [0.2, 0.25) is 5.91 Å². The van der Waals surface area contributed by atoms with Crippen LogP contribution in [0.1, 0.15) is 29.2 Å². The van der Waals surface area contributed by atoms with Gasteiger partial charge in [0.15, 0.2) is 12.1 Å². The smallest absolute Gasteiger partial charge is 0.416 e. The fraction of sp³-hybridized carbons (Fsp3) is 0.414. The maximum absolute atomic E-state index is 14.4. The fourth-order valence-corrected chi connectivity index (χ4v) is 5.59. The molecule has 3 unspecified atom stereocenters. The second-order valence-electron chi connectivity index (χ2n) is 10.8. The summed E-state index contributed by atoms with van der Waals surface area (Å²) >= 11 is 0. The molecule has 0 saturated carbocycles. The molecule has 3 heterocycles. The predicted octanol–water partition coefficient (Wildman–Crippen LogP) is 3.08. The maximum atomic E-state index is 14.4. The Balaban J connectivity index is 1.59. The Kier molecular flexibility index (Phi) is 8.94. The van der Waals surface area contributed by atoms with Crippen molar-refractivity contribution in [1.29, 1.82) is 0 Å². The zero-order valence-corrected chi connectivity index (χ0v) is 23.5. The van der Waals surface area contributed by atoms with Crippen LogP contribution in [0.5, 0.6) is 0 Å². The lowest BCUT2D eigenvalue weighted by Crippen LogP contribution is -3.09. The van der Waals surface area contributed by atoms with E-state index in [4.69, 9.17) is 4.74 Å². The lowest BCUT2D eigenvalue weighted by Gasteiger charge is -2.43. The summed E-state index contributed by atoms with van der Waals surface area (Å²) in [6, 6.07) is 5.10. The van der Waals surface area contributed by atoms with Gasteiger partial charge in [0, 0.05) is 57.7 Å². The molecule has 0 bridgehead atoms. The molecule has 3 aliphatic heterocycles. The zero-order valence-electron chi connectivity index (χ0n) is 23.5. The molecule has 0 radical (unpaired) electrons. The summed E-state index contributed by atoms with van der Waals surface area (Å²) in [6.07, 6.45) is -9.89. The largest absolute Gasteiger partial charge is 0.628 e. The third-order valence-electron chi connectivity index (χ3n) is 7.89. The molecule has 238 valence electrons. The maximum Gasteiger partial charge on any atom is 0.416 e. The number of benzene rings is 2. The van der Waals surface area contributed by atoms with E-state index in [1.165, 1.54) is 25.1 Å². The van der Waals surface area contributed by atoms with Crippen LogP contribution in [-0.4, -0.2) is 67.4 Å². The highest BCUT2D eigenvalue weighted by Crippen LogP contribution is 2.37. The van der Waals surface area contributed by atoms with Crippen LogP contribution in [0.4, 0.5) is 30.7 Å². The van der Waals surface area contributed by atoms with Crippen molar-refractivity contribution in [3.63, 3.8) is 0 Å². The molecule has 5 rings (SSSR count). The van der Waals surface area contributed by atoms with Gasteiger partial charge in [0.1, 0.15) is 17.6 Å². The molecule has 2 aromatic carbocycles. The van der Waals surface area contributed by atoms with E-state index in [0.717, 1.165) is 12.1 Å². The molecule has 1 saturated heterocycles. The topological polar surface area (TPSA) is 84.3 Å². The molecule has 0 spiro atoms. The highest BCUT2D eigenvalue weighted by atomic mass is 19.4. The number of hydroxylamine groups is 2. The van der Waals surface area contributed by atoms with Gasteiger partial charge in [-0.2, -0.15) is 26.3 Å². The van der Waals surface area contributed by atoms with Gasteiger partial charge in [-0.25, -0.2) is 4.39 Å². The Labute approximate surface area is 248 Å². The summed E-state index contributed by atoms with van der Waals surface area (Å²) in [4.78, 5) is 15.4. The number of rotatable bonds is 4. The average Bonchev–Trinajstić information content (AvgIpc) is 2.97. The van der Waals surface area contributed by atoms with E-state index >= 15 is 0 Å². The number of hydrogen-bond acceptors (Lipinski definition) is 6. The monoisotopic (exact) mass is 629 g/mol. The quantitative estimate of drug-likeness (QED) is 0.357. The SMILES string of the molecule is CC(=O)N1CCN(C2/C=C(/c3ccc(F)cc3)[NH+]([O-])C(Cc3cc(C(F)(F)F)cc(C(F)(F)F)c3)C3=C(NCNC3)O2)CC1. The number of amides is 1. The lowest BCUT2D eigenvalue weighted by molar-refractivity contribution is -0.793. The second-order valence-corrected chi connectivity index (χ2v) is 10.8. The predicted molar refractivity (Wildman–Crippen MR) is 144 cm³/mol. The number of alkyl halides is 6. The molecule has 3 aliphatic rings. The van der Waals surface area contributed by atoms with Crippen molar-refractivity contribution in [2.75, 3.05) is 39.4 Å².